The summed E-state index contributed by atoms with van der Waals surface area (Å²) in [6.45, 7) is 2.58. The highest BCUT2D eigenvalue weighted by molar-refractivity contribution is 7.84. The van der Waals surface area contributed by atoms with E-state index in [9.17, 15) is 9.00 Å². The maximum absolute atomic E-state index is 11.4. The molecule has 1 unspecified atom stereocenters. The Morgan fingerprint density at radius 1 is 1.29 bits per heavy atom. The molecule has 0 aromatic heterocycles. The second kappa shape index (κ2) is 7.84. The van der Waals surface area contributed by atoms with Crippen molar-refractivity contribution in [1.82, 2.24) is 5.32 Å². The molecule has 2 N–H and O–H groups in total. The van der Waals surface area contributed by atoms with Crippen LogP contribution in [0.2, 0.25) is 0 Å². The molecule has 1 rings (SSSR count). The Kier molecular flexibility index (Phi) is 6.32. The van der Waals surface area contributed by atoms with Crippen LogP contribution >= 0.6 is 0 Å². The Bertz CT molecular complexity index is 368. The molecule has 0 saturated carbocycles. The summed E-state index contributed by atoms with van der Waals surface area (Å²) in [6.07, 6.45) is 0. The number of hydrogen-bond donors (Lipinski definition) is 2. The van der Waals surface area contributed by atoms with Gasteiger partial charge in [-0.2, -0.15) is 0 Å². The lowest BCUT2D eigenvalue weighted by Crippen LogP contribution is -2.32. The van der Waals surface area contributed by atoms with Crippen molar-refractivity contribution < 1.29 is 9.00 Å². The predicted molar refractivity (Wildman–Crippen MR) is 71.5 cm³/mol. The summed E-state index contributed by atoms with van der Waals surface area (Å²) in [4.78, 5) is 11.4. The normalized spacial score (nSPS) is 11.8. The minimum absolute atomic E-state index is 0.0815. The van der Waals surface area contributed by atoms with Gasteiger partial charge in [-0.05, 0) is 12.1 Å². The first-order valence-corrected chi connectivity index (χ1v) is 7.11. The Morgan fingerprint density at radius 2 is 2.00 bits per heavy atom. The number of amides is 1. The van der Waals surface area contributed by atoms with Gasteiger partial charge in [0.05, 0.1) is 6.54 Å². The minimum atomic E-state index is -0.818. The van der Waals surface area contributed by atoms with Crippen molar-refractivity contribution in [2.75, 3.05) is 29.9 Å². The van der Waals surface area contributed by atoms with Gasteiger partial charge in [0.15, 0.2) is 0 Å². The van der Waals surface area contributed by atoms with E-state index in [0.29, 0.717) is 18.1 Å². The topological polar surface area (TPSA) is 58.2 Å². The lowest BCUT2D eigenvalue weighted by atomic mass is 10.3. The molecule has 0 bridgehead atoms. The number of nitrogens with one attached hydrogen (secondary N) is 2. The van der Waals surface area contributed by atoms with Crippen LogP contribution in [0.25, 0.3) is 0 Å². The highest BCUT2D eigenvalue weighted by atomic mass is 32.2. The molecule has 0 aliphatic rings. The largest absolute Gasteiger partial charge is 0.376 e. The van der Waals surface area contributed by atoms with Crippen molar-refractivity contribution in [3.05, 3.63) is 30.3 Å². The van der Waals surface area contributed by atoms with Crippen LogP contribution in [-0.2, 0) is 15.6 Å². The smallest absolute Gasteiger partial charge is 0.239 e. The summed E-state index contributed by atoms with van der Waals surface area (Å²) in [5.74, 6) is 1.08. The summed E-state index contributed by atoms with van der Waals surface area (Å²) in [7, 11) is -0.818. The Balaban J connectivity index is 2.16. The van der Waals surface area contributed by atoms with Crippen LogP contribution in [0, 0.1) is 0 Å². The van der Waals surface area contributed by atoms with E-state index in [1.54, 1.807) is 0 Å². The molecule has 0 saturated heterocycles. The quantitative estimate of drug-likeness (QED) is 0.762. The lowest BCUT2D eigenvalue weighted by Gasteiger charge is -2.07. The molecular weight excluding hydrogens is 236 g/mol. The van der Waals surface area contributed by atoms with Gasteiger partial charge in [0.1, 0.15) is 0 Å². The van der Waals surface area contributed by atoms with Crippen molar-refractivity contribution in [2.45, 2.75) is 6.92 Å². The van der Waals surface area contributed by atoms with Gasteiger partial charge in [-0.15, -0.1) is 0 Å². The Hall–Kier alpha value is -1.36. The third-order valence-corrected chi connectivity index (χ3v) is 3.50. The summed E-state index contributed by atoms with van der Waals surface area (Å²) in [5.41, 5.74) is 0.916. The van der Waals surface area contributed by atoms with E-state index in [1.165, 1.54) is 0 Å². The molecule has 1 aromatic rings. The molecule has 0 radical (unpaired) electrons. The maximum atomic E-state index is 11.4. The van der Waals surface area contributed by atoms with E-state index in [1.807, 2.05) is 37.3 Å². The predicted octanol–water partition coefficient (Wildman–Crippen LogP) is 0.983. The molecule has 5 heteroatoms. The van der Waals surface area contributed by atoms with E-state index in [-0.39, 0.29) is 12.5 Å². The standard InChI is InChI=1S/C12H18N2O2S/c1-2-17(16)9-8-13-12(15)10-14-11-6-4-3-5-7-11/h3-7,14H,2,8-10H2,1H3,(H,13,15). The van der Waals surface area contributed by atoms with E-state index in [4.69, 9.17) is 0 Å². The van der Waals surface area contributed by atoms with Crippen molar-refractivity contribution in [3.8, 4) is 0 Å². The minimum Gasteiger partial charge on any atom is -0.376 e. The van der Waals surface area contributed by atoms with Gasteiger partial charge in [-0.25, -0.2) is 0 Å². The summed E-state index contributed by atoms with van der Waals surface area (Å²) < 4.78 is 11.1. The first-order chi connectivity index (χ1) is 8.22. The first-order valence-electron chi connectivity index (χ1n) is 5.63. The fourth-order valence-corrected chi connectivity index (χ4v) is 1.87. The zero-order valence-corrected chi connectivity index (χ0v) is 10.8. The molecular formula is C12H18N2O2S. The SMILES string of the molecule is CCS(=O)CCNC(=O)CNc1ccccc1. The third-order valence-electron chi connectivity index (χ3n) is 2.20. The summed E-state index contributed by atoms with van der Waals surface area (Å²) >= 11 is 0. The molecule has 0 aliphatic carbocycles. The van der Waals surface area contributed by atoms with Crippen LogP contribution in [0.15, 0.2) is 30.3 Å². The fourth-order valence-electron chi connectivity index (χ4n) is 1.25. The molecule has 0 aliphatic heterocycles. The van der Waals surface area contributed by atoms with Gasteiger partial charge in [0.2, 0.25) is 5.91 Å². The highest BCUT2D eigenvalue weighted by Crippen LogP contribution is 2.03. The van der Waals surface area contributed by atoms with Gasteiger partial charge >= 0.3 is 0 Å². The first kappa shape index (κ1) is 13.7. The Morgan fingerprint density at radius 3 is 2.65 bits per heavy atom. The second-order valence-electron chi connectivity index (χ2n) is 3.50. The number of carbonyl (C=O) groups is 1. The second-order valence-corrected chi connectivity index (χ2v) is 5.37. The summed E-state index contributed by atoms with van der Waals surface area (Å²) in [6, 6.07) is 9.54. The van der Waals surface area contributed by atoms with Gasteiger partial charge in [0, 0.05) is 34.5 Å². The van der Waals surface area contributed by atoms with Crippen molar-refractivity contribution in [1.29, 1.82) is 0 Å². The van der Waals surface area contributed by atoms with Gasteiger partial charge in [0.25, 0.3) is 0 Å². The monoisotopic (exact) mass is 254 g/mol. The molecule has 4 nitrogen and oxygen atoms in total. The highest BCUT2D eigenvalue weighted by Gasteiger charge is 2.01. The van der Waals surface area contributed by atoms with Crippen LogP contribution in [-0.4, -0.2) is 34.7 Å². The molecule has 1 aromatic carbocycles. The zero-order valence-electron chi connectivity index (χ0n) is 9.94. The Labute approximate surface area is 104 Å². The lowest BCUT2D eigenvalue weighted by molar-refractivity contribution is -0.119. The number of anilines is 1. The number of rotatable bonds is 7. The number of benzene rings is 1. The van der Waals surface area contributed by atoms with Gasteiger partial charge in [-0.3, -0.25) is 9.00 Å². The average Bonchev–Trinajstić information content (AvgIpc) is 2.37. The molecule has 17 heavy (non-hydrogen) atoms. The van der Waals surface area contributed by atoms with Crippen LogP contribution in [0.3, 0.4) is 0 Å². The molecule has 1 atom stereocenters. The average molecular weight is 254 g/mol. The number of para-hydroxylation sites is 1. The van der Waals surface area contributed by atoms with Crippen LogP contribution in [0.1, 0.15) is 6.92 Å². The molecule has 94 valence electrons. The van der Waals surface area contributed by atoms with Gasteiger partial charge in [-0.1, -0.05) is 25.1 Å². The van der Waals surface area contributed by atoms with Crippen LogP contribution in [0.4, 0.5) is 5.69 Å². The zero-order chi connectivity index (χ0) is 12.5. The van der Waals surface area contributed by atoms with Crippen molar-refractivity contribution in [3.63, 3.8) is 0 Å². The van der Waals surface area contributed by atoms with E-state index < -0.39 is 10.8 Å². The fraction of sp³-hybridized carbons (Fsp3) is 0.417. The summed E-state index contributed by atoms with van der Waals surface area (Å²) in [5, 5.41) is 5.73. The third kappa shape index (κ3) is 6.06. The molecule has 0 heterocycles. The van der Waals surface area contributed by atoms with E-state index >= 15 is 0 Å². The molecule has 1 amide bonds. The maximum Gasteiger partial charge on any atom is 0.239 e. The van der Waals surface area contributed by atoms with Crippen LogP contribution in [0.5, 0.6) is 0 Å². The van der Waals surface area contributed by atoms with Gasteiger partial charge < -0.3 is 10.6 Å². The number of carbonyl (C=O) groups excluding carboxylic acids is 1. The van der Waals surface area contributed by atoms with E-state index in [2.05, 4.69) is 10.6 Å². The van der Waals surface area contributed by atoms with Crippen molar-refractivity contribution >= 4 is 22.4 Å². The number of hydrogen-bond acceptors (Lipinski definition) is 3. The molecule has 0 spiro atoms. The van der Waals surface area contributed by atoms with Crippen molar-refractivity contribution in [2.24, 2.45) is 0 Å². The van der Waals surface area contributed by atoms with E-state index in [0.717, 1.165) is 5.69 Å². The molecule has 0 fully saturated rings. The van der Waals surface area contributed by atoms with Crippen LogP contribution < -0.4 is 10.6 Å².